The Bertz CT molecular complexity index is 368. The molecular weight excluding hydrogens is 201 g/mol. The van der Waals surface area contributed by atoms with Gasteiger partial charge in [0.1, 0.15) is 6.04 Å². The quantitative estimate of drug-likeness (QED) is 0.775. The van der Waals surface area contributed by atoms with E-state index in [0.717, 1.165) is 0 Å². The largest absolute Gasteiger partial charge is 0.494 e. The molecule has 1 atom stereocenters. The third kappa shape index (κ3) is 2.92. The van der Waals surface area contributed by atoms with Crippen molar-refractivity contribution in [2.45, 2.75) is 12.5 Å². The number of benzene rings is 1. The molecule has 1 aromatic rings. The van der Waals surface area contributed by atoms with Crippen molar-refractivity contribution in [2.75, 3.05) is 7.11 Å². The van der Waals surface area contributed by atoms with Gasteiger partial charge in [0.2, 0.25) is 0 Å². The lowest BCUT2D eigenvalue weighted by Gasteiger charge is -2.08. The van der Waals surface area contributed by atoms with E-state index in [2.05, 4.69) is 0 Å². The van der Waals surface area contributed by atoms with Crippen LogP contribution in [0.3, 0.4) is 0 Å². The maximum atomic E-state index is 13.0. The molecule has 0 fully saturated rings. The zero-order valence-corrected chi connectivity index (χ0v) is 8.24. The molecule has 3 N–H and O–H groups in total. The van der Waals surface area contributed by atoms with Crippen LogP contribution in [0, 0.1) is 5.82 Å². The van der Waals surface area contributed by atoms with Crippen molar-refractivity contribution in [1.82, 2.24) is 0 Å². The topological polar surface area (TPSA) is 72.5 Å². The van der Waals surface area contributed by atoms with Crippen LogP contribution in [-0.2, 0) is 11.2 Å². The Labute approximate surface area is 86.5 Å². The number of nitrogens with two attached hydrogens (primary N) is 1. The molecule has 0 saturated heterocycles. The van der Waals surface area contributed by atoms with E-state index in [4.69, 9.17) is 15.6 Å². The normalized spacial score (nSPS) is 12.2. The van der Waals surface area contributed by atoms with E-state index in [-0.39, 0.29) is 12.2 Å². The molecule has 0 radical (unpaired) electrons. The molecule has 0 heterocycles. The summed E-state index contributed by atoms with van der Waals surface area (Å²) in [5.74, 6) is -1.48. The number of halogens is 1. The highest BCUT2D eigenvalue weighted by atomic mass is 19.1. The van der Waals surface area contributed by atoms with Crippen molar-refractivity contribution in [3.63, 3.8) is 0 Å². The molecule has 0 spiro atoms. The van der Waals surface area contributed by atoms with Crippen LogP contribution < -0.4 is 10.5 Å². The van der Waals surface area contributed by atoms with Crippen LogP contribution in [-0.4, -0.2) is 24.2 Å². The number of carbonyl (C=O) groups is 1. The summed E-state index contributed by atoms with van der Waals surface area (Å²) >= 11 is 0. The molecule has 0 aromatic heterocycles. The van der Waals surface area contributed by atoms with E-state index >= 15 is 0 Å². The van der Waals surface area contributed by atoms with E-state index in [9.17, 15) is 9.18 Å². The molecule has 0 aliphatic heterocycles. The van der Waals surface area contributed by atoms with Gasteiger partial charge in [-0.2, -0.15) is 0 Å². The predicted octanol–water partition coefficient (Wildman–Crippen LogP) is 0.789. The molecule has 15 heavy (non-hydrogen) atoms. The lowest BCUT2D eigenvalue weighted by Crippen LogP contribution is -2.32. The molecule has 5 heteroatoms. The van der Waals surface area contributed by atoms with E-state index < -0.39 is 17.8 Å². The Hall–Kier alpha value is -1.62. The van der Waals surface area contributed by atoms with Crippen LogP contribution >= 0.6 is 0 Å². The maximum Gasteiger partial charge on any atom is 0.320 e. The second-order valence-corrected chi connectivity index (χ2v) is 3.12. The molecule has 0 unspecified atom stereocenters. The Morgan fingerprint density at radius 2 is 2.33 bits per heavy atom. The Morgan fingerprint density at radius 3 is 2.87 bits per heavy atom. The fraction of sp³-hybridized carbons (Fsp3) is 0.300. The molecule has 0 saturated carbocycles. The maximum absolute atomic E-state index is 13.0. The summed E-state index contributed by atoms with van der Waals surface area (Å²) < 4.78 is 17.8. The van der Waals surface area contributed by atoms with Crippen LogP contribution in [0.5, 0.6) is 5.75 Å². The average Bonchev–Trinajstić information content (AvgIpc) is 2.20. The number of hydrogen-bond donors (Lipinski definition) is 2. The highest BCUT2D eigenvalue weighted by Crippen LogP contribution is 2.18. The highest BCUT2D eigenvalue weighted by molar-refractivity contribution is 5.73. The first kappa shape index (κ1) is 11.5. The van der Waals surface area contributed by atoms with Crippen molar-refractivity contribution < 1.29 is 19.0 Å². The molecular formula is C10H12FNO3. The van der Waals surface area contributed by atoms with Gasteiger partial charge in [-0.1, -0.05) is 6.07 Å². The number of methoxy groups -OCH3 is 1. The van der Waals surface area contributed by atoms with E-state index in [1.165, 1.54) is 25.3 Å². The summed E-state index contributed by atoms with van der Waals surface area (Å²) in [6, 6.07) is 3.17. The number of aliphatic carboxylic acids is 1. The minimum absolute atomic E-state index is 0.0880. The first-order chi connectivity index (χ1) is 7.04. The van der Waals surface area contributed by atoms with Crippen LogP contribution in [0.1, 0.15) is 5.56 Å². The van der Waals surface area contributed by atoms with Crippen molar-refractivity contribution in [3.05, 3.63) is 29.6 Å². The number of carboxylic acids is 1. The van der Waals surface area contributed by atoms with Crippen LogP contribution in [0.15, 0.2) is 18.2 Å². The molecule has 0 aliphatic rings. The summed E-state index contributed by atoms with van der Waals surface area (Å²) in [5.41, 5.74) is 5.97. The standard InChI is InChI=1S/C10H12FNO3/c1-15-9-5-6(2-3-7(9)11)4-8(12)10(13)14/h2-3,5,8H,4,12H2,1H3,(H,13,14)/t8-/m0/s1. The smallest absolute Gasteiger partial charge is 0.320 e. The van der Waals surface area contributed by atoms with Crippen LogP contribution in [0.25, 0.3) is 0 Å². The number of rotatable bonds is 4. The summed E-state index contributed by atoms with van der Waals surface area (Å²) in [6.07, 6.45) is 0.145. The first-order valence-electron chi connectivity index (χ1n) is 4.35. The van der Waals surface area contributed by atoms with Crippen LogP contribution in [0.4, 0.5) is 4.39 Å². The van der Waals surface area contributed by atoms with Crippen molar-refractivity contribution in [1.29, 1.82) is 0 Å². The molecule has 1 rings (SSSR count). The van der Waals surface area contributed by atoms with Crippen LogP contribution in [0.2, 0.25) is 0 Å². The third-order valence-corrected chi connectivity index (χ3v) is 1.99. The van der Waals surface area contributed by atoms with Crippen molar-refractivity contribution in [2.24, 2.45) is 5.73 Å². The van der Waals surface area contributed by atoms with Gasteiger partial charge in [-0.3, -0.25) is 4.79 Å². The van der Waals surface area contributed by atoms with E-state index in [0.29, 0.717) is 5.56 Å². The molecule has 4 nitrogen and oxygen atoms in total. The fourth-order valence-electron chi connectivity index (χ4n) is 1.17. The van der Waals surface area contributed by atoms with Gasteiger partial charge in [-0.15, -0.1) is 0 Å². The lowest BCUT2D eigenvalue weighted by molar-refractivity contribution is -0.138. The second kappa shape index (κ2) is 4.75. The van der Waals surface area contributed by atoms with E-state index in [1.54, 1.807) is 0 Å². The molecule has 82 valence electrons. The Balaban J connectivity index is 2.83. The lowest BCUT2D eigenvalue weighted by atomic mass is 10.1. The molecule has 0 bridgehead atoms. The Morgan fingerprint density at radius 1 is 1.67 bits per heavy atom. The van der Waals surface area contributed by atoms with Gasteiger partial charge in [0.05, 0.1) is 7.11 Å². The van der Waals surface area contributed by atoms with E-state index in [1.807, 2.05) is 0 Å². The SMILES string of the molecule is COc1cc(C[C@H](N)C(=O)O)ccc1F. The zero-order chi connectivity index (χ0) is 11.4. The van der Waals surface area contributed by atoms with Gasteiger partial charge >= 0.3 is 5.97 Å². The molecule has 1 aromatic carbocycles. The zero-order valence-electron chi connectivity index (χ0n) is 8.24. The summed E-state index contributed by atoms with van der Waals surface area (Å²) in [7, 11) is 1.35. The second-order valence-electron chi connectivity index (χ2n) is 3.12. The van der Waals surface area contributed by atoms with Gasteiger partial charge in [0, 0.05) is 0 Å². The summed E-state index contributed by atoms with van der Waals surface area (Å²) in [5, 5.41) is 8.59. The van der Waals surface area contributed by atoms with Gasteiger partial charge < -0.3 is 15.6 Å². The predicted molar refractivity (Wildman–Crippen MR) is 52.3 cm³/mol. The number of carboxylic acid groups (broad SMARTS) is 1. The Kier molecular flexibility index (Phi) is 3.62. The average molecular weight is 213 g/mol. The van der Waals surface area contributed by atoms with Gasteiger partial charge in [0.15, 0.2) is 11.6 Å². The molecule has 0 aliphatic carbocycles. The third-order valence-electron chi connectivity index (χ3n) is 1.99. The van der Waals surface area contributed by atoms with Gasteiger partial charge in [-0.25, -0.2) is 4.39 Å². The molecule has 0 amide bonds. The van der Waals surface area contributed by atoms with Gasteiger partial charge in [-0.05, 0) is 24.1 Å². The number of ether oxygens (including phenoxy) is 1. The fourth-order valence-corrected chi connectivity index (χ4v) is 1.17. The minimum Gasteiger partial charge on any atom is -0.494 e. The van der Waals surface area contributed by atoms with Crippen molar-refractivity contribution in [3.8, 4) is 5.75 Å². The summed E-state index contributed by atoms with van der Waals surface area (Å²) in [4.78, 5) is 10.5. The van der Waals surface area contributed by atoms with Gasteiger partial charge in [0.25, 0.3) is 0 Å². The summed E-state index contributed by atoms with van der Waals surface area (Å²) in [6.45, 7) is 0. The highest BCUT2D eigenvalue weighted by Gasteiger charge is 2.13. The number of hydrogen-bond acceptors (Lipinski definition) is 3. The van der Waals surface area contributed by atoms with Crippen molar-refractivity contribution >= 4 is 5.97 Å². The monoisotopic (exact) mass is 213 g/mol. The first-order valence-corrected chi connectivity index (χ1v) is 4.35. The minimum atomic E-state index is -1.08.